The van der Waals surface area contributed by atoms with E-state index in [0.717, 1.165) is 16.5 Å². The summed E-state index contributed by atoms with van der Waals surface area (Å²) < 4.78 is 1.54. The number of aromatic amines is 1. The average Bonchev–Trinajstić information content (AvgIpc) is 3.30. The van der Waals surface area contributed by atoms with Crippen molar-refractivity contribution < 1.29 is 4.79 Å². The van der Waals surface area contributed by atoms with Gasteiger partial charge in [-0.3, -0.25) is 4.79 Å². The fraction of sp³-hybridized carbons (Fsp3) is 0.105. The number of aromatic nitrogens is 4. The minimum absolute atomic E-state index is 0.0843. The molecule has 0 aliphatic carbocycles. The van der Waals surface area contributed by atoms with Crippen molar-refractivity contribution in [1.29, 1.82) is 0 Å². The van der Waals surface area contributed by atoms with Crippen LogP contribution in [0.5, 0.6) is 0 Å². The number of aryl methyl sites for hydroxylation is 1. The van der Waals surface area contributed by atoms with Gasteiger partial charge >= 0.3 is 0 Å². The maximum atomic E-state index is 12.5. The minimum Gasteiger partial charge on any atom is -0.361 e. The van der Waals surface area contributed by atoms with Gasteiger partial charge in [0.2, 0.25) is 5.91 Å². The fourth-order valence-corrected chi connectivity index (χ4v) is 3.23. The first-order chi connectivity index (χ1) is 12.7. The molecule has 2 aromatic carbocycles. The molecule has 4 aromatic rings. The molecule has 0 atom stereocenters. The molecule has 4 rings (SSSR count). The lowest BCUT2D eigenvalue weighted by Crippen LogP contribution is -2.14. The van der Waals surface area contributed by atoms with Gasteiger partial charge in [-0.25, -0.2) is 9.67 Å². The van der Waals surface area contributed by atoms with Crippen molar-refractivity contribution in [3.05, 3.63) is 71.9 Å². The van der Waals surface area contributed by atoms with Crippen LogP contribution in [0.15, 0.2) is 61.3 Å². The summed E-state index contributed by atoms with van der Waals surface area (Å²) in [5.74, 6) is -0.0843. The smallest absolute Gasteiger partial charge is 0.224 e. The molecule has 0 radical (unpaired) electrons. The zero-order chi connectivity index (χ0) is 17.9. The normalized spacial score (nSPS) is 11.0. The predicted molar refractivity (Wildman–Crippen MR) is 102 cm³/mol. The molecule has 26 heavy (non-hydrogen) atoms. The standard InChI is InChI=1S/C19H16ClN5O/c20-15-5-3-7-17(19(15)25-12-21-11-23-25)24-18(26)9-8-13-10-22-16-6-2-1-4-14(13)16/h1-7,10-12,22H,8-9H2,(H,24,26). The summed E-state index contributed by atoms with van der Waals surface area (Å²) in [4.78, 5) is 19.6. The summed E-state index contributed by atoms with van der Waals surface area (Å²) in [6.07, 6.45) is 5.94. The van der Waals surface area contributed by atoms with Crippen LogP contribution >= 0.6 is 11.6 Å². The monoisotopic (exact) mass is 365 g/mol. The van der Waals surface area contributed by atoms with Crippen LogP contribution in [-0.4, -0.2) is 25.7 Å². The maximum Gasteiger partial charge on any atom is 0.224 e. The maximum absolute atomic E-state index is 12.5. The van der Waals surface area contributed by atoms with Crippen molar-refractivity contribution in [3.63, 3.8) is 0 Å². The highest BCUT2D eigenvalue weighted by Gasteiger charge is 2.13. The Bertz CT molecular complexity index is 1050. The Morgan fingerprint density at radius 3 is 2.92 bits per heavy atom. The Morgan fingerprint density at radius 1 is 1.19 bits per heavy atom. The molecule has 2 heterocycles. The van der Waals surface area contributed by atoms with Crippen LogP contribution < -0.4 is 5.32 Å². The van der Waals surface area contributed by atoms with Gasteiger partial charge in [0.1, 0.15) is 18.3 Å². The highest BCUT2D eigenvalue weighted by atomic mass is 35.5. The molecule has 1 amide bonds. The fourth-order valence-electron chi connectivity index (χ4n) is 2.97. The number of amides is 1. The van der Waals surface area contributed by atoms with Crippen molar-refractivity contribution in [2.24, 2.45) is 0 Å². The molecular weight excluding hydrogens is 350 g/mol. The number of rotatable bonds is 5. The first kappa shape index (κ1) is 16.4. The number of nitrogens with one attached hydrogen (secondary N) is 2. The second-order valence-electron chi connectivity index (χ2n) is 5.88. The molecule has 0 saturated carbocycles. The number of carbonyl (C=O) groups is 1. The van der Waals surface area contributed by atoms with Crippen LogP contribution in [0.4, 0.5) is 5.69 Å². The summed E-state index contributed by atoms with van der Waals surface area (Å²) in [6, 6.07) is 13.4. The van der Waals surface area contributed by atoms with Gasteiger partial charge in [0.25, 0.3) is 0 Å². The van der Waals surface area contributed by atoms with Crippen LogP contribution in [-0.2, 0) is 11.2 Å². The Balaban J connectivity index is 1.50. The summed E-state index contributed by atoms with van der Waals surface area (Å²) >= 11 is 6.28. The number of carbonyl (C=O) groups excluding carboxylic acids is 1. The molecule has 0 saturated heterocycles. The molecule has 2 N–H and O–H groups in total. The number of fused-ring (bicyclic) bond motifs is 1. The van der Waals surface area contributed by atoms with E-state index in [-0.39, 0.29) is 5.91 Å². The number of nitrogens with zero attached hydrogens (tertiary/aromatic N) is 3. The molecule has 2 aromatic heterocycles. The van der Waals surface area contributed by atoms with Crippen LogP contribution in [0.1, 0.15) is 12.0 Å². The van der Waals surface area contributed by atoms with Crippen LogP contribution in [0.25, 0.3) is 16.6 Å². The Labute approximate surface area is 154 Å². The van der Waals surface area contributed by atoms with E-state index in [1.807, 2.05) is 24.4 Å². The summed E-state index contributed by atoms with van der Waals surface area (Å²) in [7, 11) is 0. The number of benzene rings is 2. The summed E-state index contributed by atoms with van der Waals surface area (Å²) in [5, 5.41) is 8.67. The number of hydrogen-bond acceptors (Lipinski definition) is 3. The van der Waals surface area contributed by atoms with Gasteiger partial charge in [0.05, 0.1) is 10.7 Å². The van der Waals surface area contributed by atoms with Crippen molar-refractivity contribution in [1.82, 2.24) is 19.7 Å². The van der Waals surface area contributed by atoms with Crippen molar-refractivity contribution >= 4 is 34.1 Å². The Morgan fingerprint density at radius 2 is 2.08 bits per heavy atom. The van der Waals surface area contributed by atoms with Crippen LogP contribution in [0.2, 0.25) is 5.02 Å². The summed E-state index contributed by atoms with van der Waals surface area (Å²) in [6.45, 7) is 0. The molecule has 0 spiro atoms. The first-order valence-electron chi connectivity index (χ1n) is 8.21. The van der Waals surface area contributed by atoms with Gasteiger partial charge in [0, 0.05) is 23.5 Å². The van der Waals surface area contributed by atoms with E-state index >= 15 is 0 Å². The lowest BCUT2D eigenvalue weighted by atomic mass is 10.1. The van der Waals surface area contributed by atoms with E-state index in [9.17, 15) is 4.79 Å². The lowest BCUT2D eigenvalue weighted by molar-refractivity contribution is -0.116. The van der Waals surface area contributed by atoms with E-state index in [4.69, 9.17) is 11.6 Å². The van der Waals surface area contributed by atoms with E-state index in [0.29, 0.717) is 29.2 Å². The third kappa shape index (κ3) is 3.19. The Kier molecular flexibility index (Phi) is 4.41. The van der Waals surface area contributed by atoms with E-state index < -0.39 is 0 Å². The number of hydrogen-bond donors (Lipinski definition) is 2. The van der Waals surface area contributed by atoms with Gasteiger partial charge in [-0.2, -0.15) is 5.10 Å². The first-order valence-corrected chi connectivity index (χ1v) is 8.58. The van der Waals surface area contributed by atoms with Crippen LogP contribution in [0, 0.1) is 0 Å². The number of para-hydroxylation sites is 2. The van der Waals surface area contributed by atoms with Gasteiger partial charge < -0.3 is 10.3 Å². The molecule has 0 fully saturated rings. The number of halogens is 1. The zero-order valence-corrected chi connectivity index (χ0v) is 14.6. The summed E-state index contributed by atoms with van der Waals surface area (Å²) in [5.41, 5.74) is 3.41. The quantitative estimate of drug-likeness (QED) is 0.561. The third-order valence-electron chi connectivity index (χ3n) is 4.21. The molecule has 130 valence electrons. The Hall–Kier alpha value is -3.12. The molecular formula is C19H16ClN5O. The number of H-pyrrole nitrogens is 1. The minimum atomic E-state index is -0.0843. The molecule has 0 unspecified atom stereocenters. The van der Waals surface area contributed by atoms with Gasteiger partial charge in [-0.05, 0) is 30.2 Å². The van der Waals surface area contributed by atoms with Gasteiger partial charge in [-0.1, -0.05) is 35.9 Å². The predicted octanol–water partition coefficient (Wildman–Crippen LogP) is 3.97. The van der Waals surface area contributed by atoms with Crippen molar-refractivity contribution in [3.8, 4) is 5.69 Å². The molecule has 6 nitrogen and oxygen atoms in total. The highest BCUT2D eigenvalue weighted by molar-refractivity contribution is 6.33. The SMILES string of the molecule is O=C(CCc1c[nH]c2ccccc12)Nc1cccc(Cl)c1-n1cncn1. The number of anilines is 1. The topological polar surface area (TPSA) is 75.6 Å². The second kappa shape index (κ2) is 7.01. The van der Waals surface area contributed by atoms with Crippen molar-refractivity contribution in [2.75, 3.05) is 5.32 Å². The molecule has 7 heteroatoms. The van der Waals surface area contributed by atoms with E-state index in [2.05, 4.69) is 26.4 Å². The lowest BCUT2D eigenvalue weighted by Gasteiger charge is -2.12. The molecule has 0 bridgehead atoms. The largest absolute Gasteiger partial charge is 0.361 e. The van der Waals surface area contributed by atoms with E-state index in [1.165, 1.54) is 11.0 Å². The second-order valence-corrected chi connectivity index (χ2v) is 6.29. The highest BCUT2D eigenvalue weighted by Crippen LogP contribution is 2.28. The third-order valence-corrected chi connectivity index (χ3v) is 4.51. The van der Waals surface area contributed by atoms with Gasteiger partial charge in [-0.15, -0.1) is 0 Å². The van der Waals surface area contributed by atoms with Crippen LogP contribution in [0.3, 0.4) is 0 Å². The molecule has 0 aliphatic rings. The average molecular weight is 366 g/mol. The molecule has 0 aliphatic heterocycles. The van der Waals surface area contributed by atoms with Gasteiger partial charge in [0.15, 0.2) is 0 Å². The zero-order valence-electron chi connectivity index (χ0n) is 13.8. The van der Waals surface area contributed by atoms with E-state index in [1.54, 1.807) is 24.5 Å². The van der Waals surface area contributed by atoms with Crippen molar-refractivity contribution in [2.45, 2.75) is 12.8 Å².